The van der Waals surface area contributed by atoms with Gasteiger partial charge in [-0.25, -0.2) is 0 Å². The average molecular weight is 214 g/mol. The van der Waals surface area contributed by atoms with Crippen LogP contribution in [0.25, 0.3) is 0 Å². The Bertz CT molecular complexity index is 319. The third-order valence-electron chi connectivity index (χ3n) is 1.95. The van der Waals surface area contributed by atoms with E-state index in [-0.39, 0.29) is 11.3 Å². The predicted octanol–water partition coefficient (Wildman–Crippen LogP) is 2.63. The third-order valence-corrected chi connectivity index (χ3v) is 2.29. The smallest absolute Gasteiger partial charge is 0.120 e. The van der Waals surface area contributed by atoms with Crippen molar-refractivity contribution in [3.63, 3.8) is 0 Å². The number of aromatic hydroxyl groups is 1. The molecule has 3 heteroatoms. The van der Waals surface area contributed by atoms with Crippen LogP contribution in [0.1, 0.15) is 25.0 Å². The number of rotatable bonds is 2. The summed E-state index contributed by atoms with van der Waals surface area (Å²) in [4.78, 5) is 0. The Morgan fingerprint density at radius 1 is 1.43 bits per heavy atom. The van der Waals surface area contributed by atoms with Gasteiger partial charge in [0.2, 0.25) is 0 Å². The molecule has 2 nitrogen and oxygen atoms in total. The Morgan fingerprint density at radius 2 is 2.00 bits per heavy atom. The Labute approximate surface area is 89.7 Å². The molecule has 14 heavy (non-hydrogen) atoms. The van der Waals surface area contributed by atoms with Crippen LogP contribution in [0.4, 0.5) is 0 Å². The summed E-state index contributed by atoms with van der Waals surface area (Å²) in [5, 5.41) is 10.3. The van der Waals surface area contributed by atoms with Crippen molar-refractivity contribution in [2.75, 3.05) is 0 Å². The minimum atomic E-state index is -0.365. The van der Waals surface area contributed by atoms with E-state index in [4.69, 9.17) is 17.3 Å². The molecule has 1 aromatic carbocycles. The van der Waals surface area contributed by atoms with Crippen LogP contribution in [0.3, 0.4) is 0 Å². The summed E-state index contributed by atoms with van der Waals surface area (Å²) >= 11 is 6.03. The number of benzene rings is 1. The molecule has 0 aliphatic heterocycles. The van der Waals surface area contributed by atoms with Crippen molar-refractivity contribution in [1.82, 2.24) is 0 Å². The van der Waals surface area contributed by atoms with E-state index in [1.54, 1.807) is 6.07 Å². The zero-order chi connectivity index (χ0) is 10.9. The van der Waals surface area contributed by atoms with Crippen LogP contribution in [-0.4, -0.2) is 10.6 Å². The number of phenolic OH excluding ortho intramolecular Hbond substituents is 1. The summed E-state index contributed by atoms with van der Waals surface area (Å²) in [6, 6.07) is 3.54. The van der Waals surface area contributed by atoms with Gasteiger partial charge in [0.1, 0.15) is 5.75 Å². The van der Waals surface area contributed by atoms with Crippen molar-refractivity contribution in [2.45, 2.75) is 32.7 Å². The van der Waals surface area contributed by atoms with Gasteiger partial charge in [0.05, 0.1) is 0 Å². The lowest BCUT2D eigenvalue weighted by atomic mass is 9.95. The van der Waals surface area contributed by atoms with E-state index in [1.807, 2.05) is 26.8 Å². The number of aryl methyl sites for hydroxylation is 1. The molecule has 0 aliphatic rings. The lowest BCUT2D eigenvalue weighted by molar-refractivity contribution is 0.449. The van der Waals surface area contributed by atoms with Gasteiger partial charge in [-0.1, -0.05) is 11.6 Å². The summed E-state index contributed by atoms with van der Waals surface area (Å²) in [5.74, 6) is 0.230. The number of phenols is 1. The molecule has 0 aliphatic carbocycles. The number of hydrogen-bond acceptors (Lipinski definition) is 2. The minimum absolute atomic E-state index is 0.230. The Hall–Kier alpha value is -0.730. The van der Waals surface area contributed by atoms with E-state index < -0.39 is 0 Å². The molecule has 0 bridgehead atoms. The molecule has 0 saturated carbocycles. The zero-order valence-corrected chi connectivity index (χ0v) is 9.52. The van der Waals surface area contributed by atoms with Crippen molar-refractivity contribution in [3.8, 4) is 5.75 Å². The van der Waals surface area contributed by atoms with E-state index in [2.05, 4.69) is 0 Å². The summed E-state index contributed by atoms with van der Waals surface area (Å²) < 4.78 is 0. The maximum Gasteiger partial charge on any atom is 0.120 e. The summed E-state index contributed by atoms with van der Waals surface area (Å²) in [7, 11) is 0. The molecule has 0 fully saturated rings. The highest BCUT2D eigenvalue weighted by atomic mass is 35.5. The molecule has 0 spiro atoms. The number of nitrogens with two attached hydrogens (primary N) is 1. The quantitative estimate of drug-likeness (QED) is 0.794. The number of hydrogen-bond donors (Lipinski definition) is 2. The SMILES string of the molecule is Cc1cc(O)c(CC(C)(C)N)c(Cl)c1. The Morgan fingerprint density at radius 3 is 2.43 bits per heavy atom. The molecule has 0 amide bonds. The molecule has 0 aromatic heterocycles. The van der Waals surface area contributed by atoms with Gasteiger partial charge in [0, 0.05) is 16.1 Å². The molecule has 78 valence electrons. The van der Waals surface area contributed by atoms with Crippen molar-refractivity contribution < 1.29 is 5.11 Å². The van der Waals surface area contributed by atoms with Crippen LogP contribution in [0.5, 0.6) is 5.75 Å². The van der Waals surface area contributed by atoms with Gasteiger partial charge in [-0.05, 0) is 44.9 Å². The first kappa shape index (κ1) is 11.3. The Balaban J connectivity index is 3.09. The molecular formula is C11H16ClNO. The third kappa shape index (κ3) is 2.89. The van der Waals surface area contributed by atoms with Crippen LogP contribution in [0, 0.1) is 6.92 Å². The van der Waals surface area contributed by atoms with Gasteiger partial charge >= 0.3 is 0 Å². The van der Waals surface area contributed by atoms with Crippen molar-refractivity contribution >= 4 is 11.6 Å². The van der Waals surface area contributed by atoms with Gasteiger partial charge < -0.3 is 10.8 Å². The fourth-order valence-corrected chi connectivity index (χ4v) is 1.72. The van der Waals surface area contributed by atoms with Gasteiger partial charge in [-0.3, -0.25) is 0 Å². The largest absolute Gasteiger partial charge is 0.508 e. The van der Waals surface area contributed by atoms with Gasteiger partial charge in [0.25, 0.3) is 0 Å². The van der Waals surface area contributed by atoms with Gasteiger partial charge in [-0.2, -0.15) is 0 Å². The molecule has 0 atom stereocenters. The van der Waals surface area contributed by atoms with Crippen LogP contribution in [0.15, 0.2) is 12.1 Å². The topological polar surface area (TPSA) is 46.2 Å². The summed E-state index contributed by atoms with van der Waals surface area (Å²) in [6.07, 6.45) is 0.567. The predicted molar refractivity (Wildman–Crippen MR) is 59.8 cm³/mol. The number of halogens is 1. The second kappa shape index (κ2) is 3.79. The average Bonchev–Trinajstić information content (AvgIpc) is 1.95. The van der Waals surface area contributed by atoms with Crippen LogP contribution in [0.2, 0.25) is 5.02 Å². The van der Waals surface area contributed by atoms with Crippen molar-refractivity contribution in [1.29, 1.82) is 0 Å². The van der Waals surface area contributed by atoms with Crippen molar-refractivity contribution in [3.05, 3.63) is 28.3 Å². The fraction of sp³-hybridized carbons (Fsp3) is 0.455. The monoisotopic (exact) mass is 213 g/mol. The van der Waals surface area contributed by atoms with E-state index in [0.717, 1.165) is 11.1 Å². The standard InChI is InChI=1S/C11H16ClNO/c1-7-4-9(12)8(10(14)5-7)6-11(2,3)13/h4-5,14H,6,13H2,1-3H3. The van der Waals surface area contributed by atoms with Gasteiger partial charge in [0.15, 0.2) is 0 Å². The van der Waals surface area contributed by atoms with E-state index in [9.17, 15) is 5.11 Å². The summed E-state index contributed by atoms with van der Waals surface area (Å²) in [5.41, 5.74) is 7.19. The van der Waals surface area contributed by atoms with Gasteiger partial charge in [-0.15, -0.1) is 0 Å². The maximum atomic E-state index is 9.70. The Kier molecular flexibility index (Phi) is 3.07. The zero-order valence-electron chi connectivity index (χ0n) is 8.76. The highest BCUT2D eigenvalue weighted by Crippen LogP contribution is 2.29. The van der Waals surface area contributed by atoms with Crippen molar-refractivity contribution in [2.24, 2.45) is 5.73 Å². The maximum absolute atomic E-state index is 9.70. The minimum Gasteiger partial charge on any atom is -0.508 e. The normalized spacial score (nSPS) is 11.8. The van der Waals surface area contributed by atoms with Crippen LogP contribution >= 0.6 is 11.6 Å². The highest BCUT2D eigenvalue weighted by Gasteiger charge is 2.17. The van der Waals surface area contributed by atoms with Crippen LogP contribution < -0.4 is 5.73 Å². The highest BCUT2D eigenvalue weighted by molar-refractivity contribution is 6.31. The first-order chi connectivity index (χ1) is 6.29. The fourth-order valence-electron chi connectivity index (χ4n) is 1.38. The second-order valence-electron chi connectivity index (χ2n) is 4.41. The first-order valence-corrected chi connectivity index (χ1v) is 4.94. The summed E-state index contributed by atoms with van der Waals surface area (Å²) in [6.45, 7) is 5.70. The molecule has 1 aromatic rings. The molecule has 3 N–H and O–H groups in total. The van der Waals surface area contributed by atoms with E-state index in [1.165, 1.54) is 0 Å². The molecular weight excluding hydrogens is 198 g/mol. The molecule has 1 rings (SSSR count). The van der Waals surface area contributed by atoms with E-state index >= 15 is 0 Å². The van der Waals surface area contributed by atoms with E-state index in [0.29, 0.717) is 11.4 Å². The molecule has 0 radical (unpaired) electrons. The molecule has 0 unspecified atom stereocenters. The lowest BCUT2D eigenvalue weighted by Gasteiger charge is -2.20. The lowest BCUT2D eigenvalue weighted by Crippen LogP contribution is -2.34. The molecule has 0 heterocycles. The van der Waals surface area contributed by atoms with Crippen LogP contribution in [-0.2, 0) is 6.42 Å². The molecule has 0 saturated heterocycles. The second-order valence-corrected chi connectivity index (χ2v) is 4.82. The first-order valence-electron chi connectivity index (χ1n) is 4.56.